The highest BCUT2D eigenvalue weighted by Crippen LogP contribution is 2.38. The number of rotatable bonds is 1. The minimum Gasteiger partial charge on any atom is -0.480 e. The number of hydrogen-bond donors (Lipinski definition) is 1. The molecule has 1 unspecified atom stereocenters. The maximum atomic E-state index is 11.0. The monoisotopic (exact) mass is 223 g/mol. The highest BCUT2D eigenvalue weighted by atomic mass is 32.2. The van der Waals surface area contributed by atoms with Crippen molar-refractivity contribution in [2.75, 3.05) is 17.7 Å². The van der Waals surface area contributed by atoms with Crippen LogP contribution in [0.15, 0.2) is 23.1 Å². The van der Waals surface area contributed by atoms with Gasteiger partial charge in [-0.1, -0.05) is 12.1 Å². The van der Waals surface area contributed by atoms with Gasteiger partial charge in [0, 0.05) is 17.7 Å². The zero-order chi connectivity index (χ0) is 11.0. The number of thioether (sulfide) groups is 1. The van der Waals surface area contributed by atoms with E-state index in [1.165, 1.54) is 4.90 Å². The third-order valence-electron chi connectivity index (χ3n) is 2.70. The van der Waals surface area contributed by atoms with Crippen LogP contribution in [0.4, 0.5) is 5.69 Å². The molecule has 1 aliphatic heterocycles. The van der Waals surface area contributed by atoms with E-state index in [1.54, 1.807) is 11.8 Å². The molecule has 1 atom stereocenters. The van der Waals surface area contributed by atoms with Crippen molar-refractivity contribution in [2.24, 2.45) is 0 Å². The number of carboxylic acid groups (broad SMARTS) is 1. The number of carboxylic acids is 1. The van der Waals surface area contributed by atoms with Crippen molar-refractivity contribution in [1.29, 1.82) is 0 Å². The van der Waals surface area contributed by atoms with Gasteiger partial charge in [-0.05, 0) is 18.6 Å². The minimum absolute atomic E-state index is 0.413. The van der Waals surface area contributed by atoms with Gasteiger partial charge in [-0.15, -0.1) is 11.8 Å². The number of aryl methyl sites for hydroxylation is 1. The van der Waals surface area contributed by atoms with Crippen molar-refractivity contribution in [2.45, 2.75) is 17.9 Å². The van der Waals surface area contributed by atoms with Crippen LogP contribution in [0, 0.1) is 6.92 Å². The first-order valence-corrected chi connectivity index (χ1v) is 5.78. The van der Waals surface area contributed by atoms with Crippen molar-refractivity contribution in [3.63, 3.8) is 0 Å². The number of benzene rings is 1. The molecule has 2 rings (SSSR count). The summed E-state index contributed by atoms with van der Waals surface area (Å²) in [7, 11) is 1.85. The molecule has 1 aromatic carbocycles. The van der Waals surface area contributed by atoms with Gasteiger partial charge in [0.1, 0.15) is 6.04 Å². The van der Waals surface area contributed by atoms with Gasteiger partial charge in [0.25, 0.3) is 0 Å². The molecule has 0 aromatic heterocycles. The summed E-state index contributed by atoms with van der Waals surface area (Å²) >= 11 is 1.62. The smallest absolute Gasteiger partial charge is 0.327 e. The Morgan fingerprint density at radius 2 is 2.33 bits per heavy atom. The molecule has 1 N–H and O–H groups in total. The van der Waals surface area contributed by atoms with Crippen molar-refractivity contribution < 1.29 is 9.90 Å². The van der Waals surface area contributed by atoms with E-state index in [1.807, 2.05) is 37.1 Å². The summed E-state index contributed by atoms with van der Waals surface area (Å²) in [6, 6.07) is 5.65. The van der Waals surface area contributed by atoms with Gasteiger partial charge >= 0.3 is 5.97 Å². The molecular weight excluding hydrogens is 210 g/mol. The lowest BCUT2D eigenvalue weighted by atomic mass is 10.1. The number of aliphatic carboxylic acids is 1. The molecule has 0 bridgehead atoms. The normalized spacial score (nSPS) is 19.9. The lowest BCUT2D eigenvalue weighted by molar-refractivity contribution is -0.138. The molecule has 4 heteroatoms. The molecular formula is C11H13NO2S. The maximum Gasteiger partial charge on any atom is 0.327 e. The van der Waals surface area contributed by atoms with E-state index < -0.39 is 12.0 Å². The van der Waals surface area contributed by atoms with Gasteiger partial charge in [-0.2, -0.15) is 0 Å². The molecule has 1 aromatic rings. The van der Waals surface area contributed by atoms with E-state index >= 15 is 0 Å². The summed E-state index contributed by atoms with van der Waals surface area (Å²) in [4.78, 5) is 14.1. The second-order valence-corrected chi connectivity index (χ2v) is 4.76. The fraction of sp³-hybridized carbons (Fsp3) is 0.364. The zero-order valence-electron chi connectivity index (χ0n) is 8.73. The van der Waals surface area contributed by atoms with Crippen LogP contribution in [0.2, 0.25) is 0 Å². The highest BCUT2D eigenvalue weighted by molar-refractivity contribution is 7.99. The Hall–Kier alpha value is -1.16. The van der Waals surface area contributed by atoms with Gasteiger partial charge in [-0.25, -0.2) is 4.79 Å². The Kier molecular flexibility index (Phi) is 2.61. The standard InChI is InChI=1S/C11H13NO2S/c1-7-4-3-5-9-10(7)12(2)8(6-15-9)11(13)14/h3-5,8H,6H2,1-2H3,(H,13,14). The maximum absolute atomic E-state index is 11.0. The van der Waals surface area contributed by atoms with Crippen molar-refractivity contribution in [1.82, 2.24) is 0 Å². The number of likely N-dealkylation sites (N-methyl/N-ethyl adjacent to an activating group) is 1. The Morgan fingerprint density at radius 3 is 3.00 bits per heavy atom. The summed E-state index contributed by atoms with van der Waals surface area (Å²) in [5.41, 5.74) is 2.19. The number of carbonyl (C=O) groups is 1. The van der Waals surface area contributed by atoms with Crippen molar-refractivity contribution in [3.05, 3.63) is 23.8 Å². The summed E-state index contributed by atoms with van der Waals surface area (Å²) in [6.45, 7) is 2.01. The lowest BCUT2D eigenvalue weighted by Crippen LogP contribution is -2.43. The molecule has 0 aliphatic carbocycles. The van der Waals surface area contributed by atoms with E-state index in [0.29, 0.717) is 5.75 Å². The van der Waals surface area contributed by atoms with Crippen molar-refractivity contribution in [3.8, 4) is 0 Å². The number of para-hydroxylation sites is 1. The molecule has 0 saturated heterocycles. The number of hydrogen-bond acceptors (Lipinski definition) is 3. The molecule has 15 heavy (non-hydrogen) atoms. The van der Waals surface area contributed by atoms with Crippen LogP contribution >= 0.6 is 11.8 Å². The van der Waals surface area contributed by atoms with Crippen LogP contribution in [0.25, 0.3) is 0 Å². The fourth-order valence-electron chi connectivity index (χ4n) is 1.87. The molecule has 1 heterocycles. The predicted octanol–water partition coefficient (Wildman–Crippen LogP) is 1.99. The van der Waals surface area contributed by atoms with Crippen LogP contribution in [0.1, 0.15) is 5.56 Å². The second kappa shape index (κ2) is 3.77. The second-order valence-electron chi connectivity index (χ2n) is 3.70. The number of fused-ring (bicyclic) bond motifs is 1. The van der Waals surface area contributed by atoms with Crippen molar-refractivity contribution >= 4 is 23.4 Å². The van der Waals surface area contributed by atoms with Gasteiger partial charge < -0.3 is 10.0 Å². The first-order valence-electron chi connectivity index (χ1n) is 4.79. The Morgan fingerprint density at radius 1 is 1.60 bits per heavy atom. The molecule has 0 amide bonds. The van der Waals surface area contributed by atoms with Gasteiger partial charge in [0.15, 0.2) is 0 Å². The van der Waals surface area contributed by atoms with Gasteiger partial charge in [-0.3, -0.25) is 0 Å². The van der Waals surface area contributed by atoms with E-state index in [-0.39, 0.29) is 0 Å². The summed E-state index contributed by atoms with van der Waals surface area (Å²) in [5, 5.41) is 9.07. The average molecular weight is 223 g/mol. The van der Waals surface area contributed by atoms with Crippen LogP contribution < -0.4 is 4.90 Å². The third-order valence-corrected chi connectivity index (χ3v) is 3.83. The van der Waals surface area contributed by atoms with Crippen LogP contribution in [0.5, 0.6) is 0 Å². The first kappa shape index (κ1) is 10.4. The molecule has 3 nitrogen and oxygen atoms in total. The zero-order valence-corrected chi connectivity index (χ0v) is 9.54. The Bertz CT molecular complexity index is 406. The molecule has 0 spiro atoms. The number of nitrogens with zero attached hydrogens (tertiary/aromatic N) is 1. The largest absolute Gasteiger partial charge is 0.480 e. The summed E-state index contributed by atoms with van der Waals surface area (Å²) in [5.74, 6) is -0.138. The van der Waals surface area contributed by atoms with E-state index in [9.17, 15) is 4.79 Å². The van der Waals surface area contributed by atoms with Gasteiger partial charge in [0.2, 0.25) is 0 Å². The first-order chi connectivity index (χ1) is 7.11. The average Bonchev–Trinajstić information content (AvgIpc) is 2.17. The SMILES string of the molecule is Cc1cccc2c1N(C)C(C(=O)O)CS2. The Balaban J connectivity index is 2.45. The minimum atomic E-state index is -0.751. The molecule has 0 saturated carbocycles. The molecule has 0 radical (unpaired) electrons. The number of anilines is 1. The molecule has 80 valence electrons. The van der Waals surface area contributed by atoms with Crippen LogP contribution in [-0.4, -0.2) is 29.9 Å². The van der Waals surface area contributed by atoms with E-state index in [0.717, 1.165) is 11.3 Å². The summed E-state index contributed by atoms with van der Waals surface area (Å²) in [6.07, 6.45) is 0. The molecule has 1 aliphatic rings. The quantitative estimate of drug-likeness (QED) is 0.790. The lowest BCUT2D eigenvalue weighted by Gasteiger charge is -2.34. The predicted molar refractivity (Wildman–Crippen MR) is 61.7 cm³/mol. The third kappa shape index (κ3) is 1.69. The van der Waals surface area contributed by atoms with Crippen LogP contribution in [0.3, 0.4) is 0 Å². The topological polar surface area (TPSA) is 40.5 Å². The van der Waals surface area contributed by atoms with Gasteiger partial charge in [0.05, 0.1) is 5.69 Å². The fourth-order valence-corrected chi connectivity index (χ4v) is 3.19. The van der Waals surface area contributed by atoms with E-state index in [4.69, 9.17) is 5.11 Å². The van der Waals surface area contributed by atoms with E-state index in [2.05, 4.69) is 0 Å². The Labute approximate surface area is 93.1 Å². The molecule has 0 fully saturated rings. The summed E-state index contributed by atoms with van der Waals surface area (Å²) < 4.78 is 0. The highest BCUT2D eigenvalue weighted by Gasteiger charge is 2.29. The van der Waals surface area contributed by atoms with Crippen LogP contribution in [-0.2, 0) is 4.79 Å².